The lowest BCUT2D eigenvalue weighted by atomic mass is 10.1. The molecule has 2 aromatic heterocycles. The number of aromatic nitrogens is 3. The van der Waals surface area contributed by atoms with Crippen LogP contribution in [0.4, 0.5) is 0 Å². The second-order valence-corrected chi connectivity index (χ2v) is 6.67. The highest BCUT2D eigenvalue weighted by atomic mass is 79.9. The molecule has 0 amide bonds. The molecule has 0 aliphatic carbocycles. The highest BCUT2D eigenvalue weighted by Gasteiger charge is 2.24. The number of nitrogens with one attached hydrogen (secondary N) is 1. The van der Waals surface area contributed by atoms with Crippen LogP contribution in [0.2, 0.25) is 0 Å². The monoisotopic (exact) mass is 342 g/mol. The van der Waals surface area contributed by atoms with Crippen molar-refractivity contribution in [3.05, 3.63) is 32.4 Å². The summed E-state index contributed by atoms with van der Waals surface area (Å²) < 4.78 is 3.13. The fourth-order valence-electron chi connectivity index (χ4n) is 1.95. The molecule has 0 saturated heterocycles. The van der Waals surface area contributed by atoms with Crippen LogP contribution in [-0.4, -0.2) is 14.8 Å². The van der Waals surface area contributed by atoms with E-state index in [0.717, 1.165) is 28.3 Å². The smallest absolute Gasteiger partial charge is 0.112 e. The van der Waals surface area contributed by atoms with Gasteiger partial charge in [0.15, 0.2) is 0 Å². The summed E-state index contributed by atoms with van der Waals surface area (Å²) in [5.41, 5.74) is 2.08. The van der Waals surface area contributed by atoms with E-state index in [-0.39, 0.29) is 5.54 Å². The van der Waals surface area contributed by atoms with Crippen molar-refractivity contribution in [2.45, 2.75) is 46.3 Å². The first-order chi connectivity index (χ1) is 8.95. The Morgan fingerprint density at radius 1 is 1.47 bits per heavy atom. The minimum atomic E-state index is -0.135. The molecule has 2 heterocycles. The predicted octanol–water partition coefficient (Wildman–Crippen LogP) is 3.46. The number of nitrogens with zero attached hydrogens (tertiary/aromatic N) is 3. The minimum Gasteiger partial charge on any atom is -0.300 e. The van der Waals surface area contributed by atoms with Gasteiger partial charge < -0.3 is 5.32 Å². The summed E-state index contributed by atoms with van der Waals surface area (Å²) in [5.74, 6) is 0. The van der Waals surface area contributed by atoms with E-state index >= 15 is 0 Å². The van der Waals surface area contributed by atoms with Crippen molar-refractivity contribution in [2.75, 3.05) is 0 Å². The zero-order valence-electron chi connectivity index (χ0n) is 11.7. The van der Waals surface area contributed by atoms with Crippen LogP contribution in [0.15, 0.2) is 16.0 Å². The molecular weight excluding hydrogens is 324 g/mol. The van der Waals surface area contributed by atoms with Gasteiger partial charge in [0.2, 0.25) is 0 Å². The number of aryl methyl sites for hydroxylation is 2. The number of rotatable bonds is 5. The molecule has 0 aliphatic heterocycles. The Labute approximate surface area is 126 Å². The molecule has 0 atom stereocenters. The van der Waals surface area contributed by atoms with Crippen LogP contribution in [0, 0.1) is 6.92 Å². The van der Waals surface area contributed by atoms with Crippen molar-refractivity contribution >= 4 is 27.3 Å². The van der Waals surface area contributed by atoms with Crippen molar-refractivity contribution in [1.82, 2.24) is 20.1 Å². The van der Waals surface area contributed by atoms with Gasteiger partial charge in [0.25, 0.3) is 0 Å². The summed E-state index contributed by atoms with van der Waals surface area (Å²) in [4.78, 5) is 4.39. The van der Waals surface area contributed by atoms with E-state index in [1.54, 1.807) is 11.3 Å². The second-order valence-electron chi connectivity index (χ2n) is 4.98. The van der Waals surface area contributed by atoms with Gasteiger partial charge in [-0.1, -0.05) is 0 Å². The number of hydrogen-bond acceptors (Lipinski definition) is 4. The first-order valence-corrected chi connectivity index (χ1v) is 7.99. The third kappa shape index (κ3) is 3.07. The molecule has 4 nitrogen and oxygen atoms in total. The average Bonchev–Trinajstić information content (AvgIpc) is 2.98. The lowest BCUT2D eigenvalue weighted by molar-refractivity contribution is 0.389. The van der Waals surface area contributed by atoms with E-state index < -0.39 is 0 Å². The Morgan fingerprint density at radius 3 is 2.79 bits per heavy atom. The van der Waals surface area contributed by atoms with Crippen molar-refractivity contribution < 1.29 is 0 Å². The van der Waals surface area contributed by atoms with Crippen LogP contribution in [0.5, 0.6) is 0 Å². The normalized spacial score (nSPS) is 12.1. The van der Waals surface area contributed by atoms with Crippen molar-refractivity contribution in [3.63, 3.8) is 0 Å². The van der Waals surface area contributed by atoms with Crippen LogP contribution >= 0.6 is 27.3 Å². The number of hydrogen-bond donors (Lipinski definition) is 1. The summed E-state index contributed by atoms with van der Waals surface area (Å²) >= 11 is 5.30. The van der Waals surface area contributed by atoms with Gasteiger partial charge in [-0.25, -0.2) is 4.98 Å². The van der Waals surface area contributed by atoms with E-state index in [9.17, 15) is 0 Å². The first kappa shape index (κ1) is 14.7. The largest absolute Gasteiger partial charge is 0.300 e. The summed E-state index contributed by atoms with van der Waals surface area (Å²) in [6, 6.07) is 0. The summed E-state index contributed by atoms with van der Waals surface area (Å²) in [7, 11) is 0. The fraction of sp³-hybridized carbons (Fsp3) is 0.538. The maximum atomic E-state index is 4.51. The summed E-state index contributed by atoms with van der Waals surface area (Å²) in [6.07, 6.45) is 1.85. The molecule has 0 aromatic carbocycles. The third-order valence-electron chi connectivity index (χ3n) is 3.12. The zero-order valence-corrected chi connectivity index (χ0v) is 14.1. The maximum absolute atomic E-state index is 4.51. The molecule has 1 N–H and O–H groups in total. The van der Waals surface area contributed by atoms with Gasteiger partial charge in [-0.15, -0.1) is 11.3 Å². The minimum absolute atomic E-state index is 0.135. The number of halogens is 1. The van der Waals surface area contributed by atoms with Gasteiger partial charge in [0, 0.05) is 24.7 Å². The Kier molecular flexibility index (Phi) is 4.43. The van der Waals surface area contributed by atoms with Crippen LogP contribution in [-0.2, 0) is 18.6 Å². The molecule has 19 heavy (non-hydrogen) atoms. The van der Waals surface area contributed by atoms with Crippen LogP contribution < -0.4 is 5.32 Å². The van der Waals surface area contributed by atoms with Gasteiger partial charge in [-0.05, 0) is 43.6 Å². The molecule has 0 aliphatic rings. The molecule has 0 unspecified atom stereocenters. The van der Waals surface area contributed by atoms with E-state index in [1.807, 2.05) is 23.2 Å². The Hall–Kier alpha value is -0.720. The van der Waals surface area contributed by atoms with Gasteiger partial charge in [0.05, 0.1) is 21.4 Å². The fourth-order valence-corrected chi connectivity index (χ4v) is 3.11. The predicted molar refractivity (Wildman–Crippen MR) is 82.3 cm³/mol. The molecule has 6 heteroatoms. The molecular formula is C13H19BrN4S. The molecule has 0 bridgehead atoms. The van der Waals surface area contributed by atoms with E-state index in [0.29, 0.717) is 0 Å². The third-order valence-corrected chi connectivity index (χ3v) is 5.25. The molecule has 0 saturated carbocycles. The van der Waals surface area contributed by atoms with Crippen molar-refractivity contribution in [3.8, 4) is 0 Å². The summed E-state index contributed by atoms with van der Waals surface area (Å²) in [6.45, 7) is 10.1. The molecule has 0 fully saturated rings. The molecule has 104 valence electrons. The number of thiazole rings is 1. The highest BCUT2D eigenvalue weighted by molar-refractivity contribution is 9.10. The van der Waals surface area contributed by atoms with Gasteiger partial charge in [0.1, 0.15) is 5.01 Å². The standard InChI is InChI=1S/C13H19BrN4S/c1-5-18-10(11(14)9(2)17-18)8-16-13(3,4)12-15-6-7-19-12/h6-7,16H,5,8H2,1-4H3. The highest BCUT2D eigenvalue weighted by Crippen LogP contribution is 2.25. The average molecular weight is 343 g/mol. The lowest BCUT2D eigenvalue weighted by Crippen LogP contribution is -2.36. The Balaban J connectivity index is 2.15. The van der Waals surface area contributed by atoms with E-state index in [2.05, 4.69) is 52.1 Å². The van der Waals surface area contributed by atoms with Crippen LogP contribution in [0.1, 0.15) is 37.2 Å². The van der Waals surface area contributed by atoms with Gasteiger partial charge in [-0.2, -0.15) is 5.10 Å². The topological polar surface area (TPSA) is 42.7 Å². The quantitative estimate of drug-likeness (QED) is 0.904. The van der Waals surface area contributed by atoms with Crippen molar-refractivity contribution in [1.29, 1.82) is 0 Å². The maximum Gasteiger partial charge on any atom is 0.112 e. The Morgan fingerprint density at radius 2 is 2.21 bits per heavy atom. The van der Waals surface area contributed by atoms with E-state index in [4.69, 9.17) is 0 Å². The van der Waals surface area contributed by atoms with Gasteiger partial charge in [-0.3, -0.25) is 4.68 Å². The SMILES string of the molecule is CCn1nc(C)c(Br)c1CNC(C)(C)c1nccs1. The van der Waals surface area contributed by atoms with Crippen molar-refractivity contribution in [2.24, 2.45) is 0 Å². The molecule has 0 spiro atoms. The zero-order chi connectivity index (χ0) is 14.0. The van der Waals surface area contributed by atoms with E-state index in [1.165, 1.54) is 5.69 Å². The summed E-state index contributed by atoms with van der Waals surface area (Å²) in [5, 5.41) is 11.2. The van der Waals surface area contributed by atoms with Crippen LogP contribution in [0.25, 0.3) is 0 Å². The molecule has 2 aromatic rings. The molecule has 0 radical (unpaired) electrons. The second kappa shape index (κ2) is 5.73. The molecule has 2 rings (SSSR count). The van der Waals surface area contributed by atoms with Gasteiger partial charge >= 0.3 is 0 Å². The first-order valence-electron chi connectivity index (χ1n) is 6.32. The lowest BCUT2D eigenvalue weighted by Gasteiger charge is -2.24. The van der Waals surface area contributed by atoms with Crippen LogP contribution in [0.3, 0.4) is 0 Å². The Bertz CT molecular complexity index is 545.